The minimum atomic E-state index is -4.43. The van der Waals surface area contributed by atoms with Crippen molar-refractivity contribution >= 4 is 14.4 Å². The average Bonchev–Trinajstić information content (AvgIpc) is 2.24. The van der Waals surface area contributed by atoms with E-state index in [2.05, 4.69) is 0 Å². The van der Waals surface area contributed by atoms with Gasteiger partial charge < -0.3 is 4.43 Å². The molecule has 0 saturated carbocycles. The Morgan fingerprint density at radius 3 is 2.00 bits per heavy atom. The lowest BCUT2D eigenvalue weighted by molar-refractivity contribution is -0.225. The molecule has 1 atom stereocenters. The van der Waals surface area contributed by atoms with Crippen LogP contribution in [0.5, 0.6) is 0 Å². The van der Waals surface area contributed by atoms with Crippen molar-refractivity contribution in [1.29, 1.82) is 0 Å². The second kappa shape index (κ2) is 5.51. The monoisotopic (exact) mass is 288 g/mol. The van der Waals surface area contributed by atoms with E-state index in [1.54, 1.807) is 43.9 Å². The second-order valence-corrected chi connectivity index (χ2v) is 9.99. The zero-order valence-corrected chi connectivity index (χ0v) is 12.6. The summed E-state index contributed by atoms with van der Waals surface area (Å²) < 4.78 is 44.9. The maximum atomic E-state index is 13.2. The summed E-state index contributed by atoms with van der Waals surface area (Å²) in [6.45, 7) is 6.30. The lowest BCUT2D eigenvalue weighted by atomic mass is 10.0. The summed E-state index contributed by atoms with van der Waals surface area (Å²) in [7, 11) is -2.31. The maximum Gasteiger partial charge on any atom is 0.419 e. The Morgan fingerprint density at radius 2 is 1.58 bits per heavy atom. The van der Waals surface area contributed by atoms with Crippen LogP contribution in [-0.4, -0.2) is 20.1 Å². The quantitative estimate of drug-likeness (QED) is 0.718. The summed E-state index contributed by atoms with van der Waals surface area (Å²) in [5, 5.41) is 0. The van der Waals surface area contributed by atoms with Crippen LogP contribution in [0.25, 0.3) is 6.08 Å². The van der Waals surface area contributed by atoms with Crippen LogP contribution >= 0.6 is 0 Å². The van der Waals surface area contributed by atoms with E-state index < -0.39 is 20.1 Å². The summed E-state index contributed by atoms with van der Waals surface area (Å²) in [6, 6.07) is 8.89. The van der Waals surface area contributed by atoms with Crippen molar-refractivity contribution in [1.82, 2.24) is 0 Å². The van der Waals surface area contributed by atoms with Gasteiger partial charge in [-0.2, -0.15) is 13.2 Å². The van der Waals surface area contributed by atoms with Crippen molar-refractivity contribution < 1.29 is 17.6 Å². The molecule has 0 saturated heterocycles. The molecule has 0 aliphatic rings. The molecular formula is C14H19F3OSi. The van der Waals surface area contributed by atoms with Crippen molar-refractivity contribution in [2.75, 3.05) is 0 Å². The van der Waals surface area contributed by atoms with Gasteiger partial charge in [-0.15, -0.1) is 0 Å². The van der Waals surface area contributed by atoms with Gasteiger partial charge in [-0.25, -0.2) is 0 Å². The molecule has 0 aromatic heterocycles. The molecule has 1 aromatic rings. The van der Waals surface area contributed by atoms with Gasteiger partial charge in [0.05, 0.1) is 0 Å². The number of alkyl halides is 3. The Morgan fingerprint density at radius 1 is 1.05 bits per heavy atom. The Hall–Kier alpha value is -1.07. The summed E-state index contributed by atoms with van der Waals surface area (Å²) in [5.74, 6) is 0. The Balaban J connectivity index is 3.03. The first-order valence-electron chi connectivity index (χ1n) is 6.05. The Kier molecular flexibility index (Phi) is 4.63. The van der Waals surface area contributed by atoms with Gasteiger partial charge in [-0.3, -0.25) is 0 Å². The van der Waals surface area contributed by atoms with Crippen molar-refractivity contribution in [2.45, 2.75) is 38.3 Å². The summed E-state index contributed by atoms with van der Waals surface area (Å²) in [5.41, 5.74) is -1.52. The van der Waals surface area contributed by atoms with Crippen LogP contribution < -0.4 is 0 Å². The van der Waals surface area contributed by atoms with E-state index in [1.165, 1.54) is 6.08 Å². The first-order valence-corrected chi connectivity index (χ1v) is 9.45. The van der Waals surface area contributed by atoms with Crippen LogP contribution in [0.15, 0.2) is 36.4 Å². The lowest BCUT2D eigenvalue weighted by Gasteiger charge is -2.35. The standard InChI is InChI=1S/C14H19F3OSi/c1-13(14(15,16)17,18-19(2,3)4)11-10-12-8-6-5-7-9-12/h5-11H,1-4H3/b11-10+. The van der Waals surface area contributed by atoms with E-state index in [4.69, 9.17) is 4.43 Å². The van der Waals surface area contributed by atoms with E-state index in [0.29, 0.717) is 0 Å². The molecule has 1 nitrogen and oxygen atoms in total. The van der Waals surface area contributed by atoms with Crippen molar-refractivity contribution in [3.05, 3.63) is 42.0 Å². The van der Waals surface area contributed by atoms with Crippen LogP contribution in [0.1, 0.15) is 12.5 Å². The van der Waals surface area contributed by atoms with Gasteiger partial charge in [-0.1, -0.05) is 36.4 Å². The third-order valence-electron chi connectivity index (χ3n) is 2.47. The molecule has 0 radical (unpaired) electrons. The molecule has 1 rings (SSSR count). The minimum absolute atomic E-state index is 0.720. The number of hydrogen-bond donors (Lipinski definition) is 0. The smallest absolute Gasteiger partial charge is 0.401 e. The van der Waals surface area contributed by atoms with Crippen LogP contribution in [0.4, 0.5) is 13.2 Å². The topological polar surface area (TPSA) is 9.23 Å². The van der Waals surface area contributed by atoms with Crippen molar-refractivity contribution in [3.8, 4) is 0 Å². The largest absolute Gasteiger partial charge is 0.419 e. The van der Waals surface area contributed by atoms with Gasteiger partial charge >= 0.3 is 6.18 Å². The summed E-state index contributed by atoms with van der Waals surface area (Å²) in [6.07, 6.45) is -1.88. The number of hydrogen-bond acceptors (Lipinski definition) is 1. The molecule has 1 aromatic carbocycles. The van der Waals surface area contributed by atoms with Gasteiger partial charge in [0, 0.05) is 0 Å². The van der Waals surface area contributed by atoms with Crippen LogP contribution in [0.2, 0.25) is 19.6 Å². The average molecular weight is 288 g/mol. The van der Waals surface area contributed by atoms with E-state index in [1.807, 2.05) is 6.07 Å². The van der Waals surface area contributed by atoms with E-state index >= 15 is 0 Å². The fourth-order valence-corrected chi connectivity index (χ4v) is 3.10. The molecule has 0 heterocycles. The molecule has 0 N–H and O–H groups in total. The van der Waals surface area contributed by atoms with Crippen LogP contribution in [0, 0.1) is 0 Å². The van der Waals surface area contributed by atoms with Crippen molar-refractivity contribution in [3.63, 3.8) is 0 Å². The maximum absolute atomic E-state index is 13.2. The van der Waals surface area contributed by atoms with Crippen molar-refractivity contribution in [2.24, 2.45) is 0 Å². The molecule has 0 fully saturated rings. The predicted octanol–water partition coefficient (Wildman–Crippen LogP) is 4.87. The molecule has 0 amide bonds. The lowest BCUT2D eigenvalue weighted by Crippen LogP contribution is -2.49. The highest BCUT2D eigenvalue weighted by atomic mass is 28.4. The predicted molar refractivity (Wildman–Crippen MR) is 74.4 cm³/mol. The molecule has 0 bridgehead atoms. The highest BCUT2D eigenvalue weighted by molar-refractivity contribution is 6.69. The zero-order chi connectivity index (χ0) is 14.7. The summed E-state index contributed by atoms with van der Waals surface area (Å²) in [4.78, 5) is 0. The van der Waals surface area contributed by atoms with E-state index in [0.717, 1.165) is 18.6 Å². The molecule has 0 aliphatic heterocycles. The number of rotatable bonds is 4. The number of halogens is 3. The normalized spacial score (nSPS) is 16.6. The first kappa shape index (κ1) is 16.0. The molecule has 1 unspecified atom stereocenters. The second-order valence-electron chi connectivity index (χ2n) is 5.56. The van der Waals surface area contributed by atoms with Gasteiger partial charge in [-0.05, 0) is 38.2 Å². The fourth-order valence-electron chi connectivity index (χ4n) is 1.64. The molecule has 0 spiro atoms. The zero-order valence-electron chi connectivity index (χ0n) is 11.6. The highest BCUT2D eigenvalue weighted by Crippen LogP contribution is 2.37. The molecule has 106 valence electrons. The third-order valence-corrected chi connectivity index (χ3v) is 3.51. The molecule has 5 heteroatoms. The molecule has 0 aliphatic carbocycles. The molecular weight excluding hydrogens is 269 g/mol. The summed E-state index contributed by atoms with van der Waals surface area (Å²) >= 11 is 0. The minimum Gasteiger partial charge on any atom is -0.401 e. The third kappa shape index (κ3) is 4.84. The van der Waals surface area contributed by atoms with Crippen LogP contribution in [-0.2, 0) is 4.43 Å². The fraction of sp³-hybridized carbons (Fsp3) is 0.429. The Labute approximate surface area is 113 Å². The highest BCUT2D eigenvalue weighted by Gasteiger charge is 2.52. The van der Waals surface area contributed by atoms with Gasteiger partial charge in [0.1, 0.15) is 0 Å². The van der Waals surface area contributed by atoms with Gasteiger partial charge in [0.25, 0.3) is 0 Å². The first-order chi connectivity index (χ1) is 8.54. The van der Waals surface area contributed by atoms with Crippen LogP contribution in [0.3, 0.4) is 0 Å². The number of benzene rings is 1. The van der Waals surface area contributed by atoms with E-state index in [9.17, 15) is 13.2 Å². The Bertz CT molecular complexity index is 434. The van der Waals surface area contributed by atoms with E-state index in [-0.39, 0.29) is 0 Å². The van der Waals surface area contributed by atoms with Gasteiger partial charge in [0.15, 0.2) is 13.9 Å². The molecule has 19 heavy (non-hydrogen) atoms. The van der Waals surface area contributed by atoms with Gasteiger partial charge in [0.2, 0.25) is 0 Å². The SMILES string of the molecule is CC(/C=C/c1ccccc1)(O[Si](C)(C)C)C(F)(F)F.